The molecular formula is C16H25NO. The van der Waals surface area contributed by atoms with Crippen LogP contribution in [0.5, 0.6) is 0 Å². The van der Waals surface area contributed by atoms with E-state index in [2.05, 4.69) is 43.4 Å². The van der Waals surface area contributed by atoms with E-state index in [9.17, 15) is 5.11 Å². The molecule has 0 saturated heterocycles. The number of aliphatic hydroxyl groups is 1. The summed E-state index contributed by atoms with van der Waals surface area (Å²) in [5.74, 6) is 0. The zero-order valence-electron chi connectivity index (χ0n) is 11.7. The zero-order chi connectivity index (χ0) is 13.2. The monoisotopic (exact) mass is 247 g/mol. The van der Waals surface area contributed by atoms with Crippen LogP contribution in [-0.2, 0) is 6.42 Å². The molecule has 1 aliphatic rings. The van der Waals surface area contributed by atoms with E-state index < -0.39 is 0 Å². The Morgan fingerprint density at radius 2 is 2.11 bits per heavy atom. The van der Waals surface area contributed by atoms with E-state index in [4.69, 9.17) is 0 Å². The van der Waals surface area contributed by atoms with E-state index in [1.165, 1.54) is 17.5 Å². The fraction of sp³-hybridized carbons (Fsp3) is 0.625. The highest BCUT2D eigenvalue weighted by Crippen LogP contribution is 2.43. The molecule has 2 N–H and O–H groups in total. The van der Waals surface area contributed by atoms with Crippen molar-refractivity contribution in [2.45, 2.75) is 52.2 Å². The van der Waals surface area contributed by atoms with Gasteiger partial charge in [-0.05, 0) is 35.8 Å². The average molecular weight is 247 g/mol. The van der Waals surface area contributed by atoms with Crippen LogP contribution in [0.1, 0.15) is 50.8 Å². The number of aliphatic hydroxyl groups excluding tert-OH is 1. The van der Waals surface area contributed by atoms with E-state index in [0.29, 0.717) is 12.6 Å². The summed E-state index contributed by atoms with van der Waals surface area (Å²) < 4.78 is 0. The molecule has 2 unspecified atom stereocenters. The Kier molecular flexibility index (Phi) is 4.08. The van der Waals surface area contributed by atoms with E-state index >= 15 is 0 Å². The molecule has 0 radical (unpaired) electrons. The second-order valence-electron chi connectivity index (χ2n) is 6.09. The first-order valence-electron chi connectivity index (χ1n) is 7.04. The topological polar surface area (TPSA) is 32.3 Å². The molecule has 2 atom stereocenters. The fourth-order valence-electron chi connectivity index (χ4n) is 2.85. The van der Waals surface area contributed by atoms with Crippen molar-refractivity contribution >= 4 is 0 Å². The van der Waals surface area contributed by atoms with Crippen LogP contribution in [0.2, 0.25) is 0 Å². The minimum atomic E-state index is -0.241. The van der Waals surface area contributed by atoms with Crippen molar-refractivity contribution in [2.24, 2.45) is 5.41 Å². The Morgan fingerprint density at radius 3 is 2.83 bits per heavy atom. The second kappa shape index (κ2) is 5.41. The molecular weight excluding hydrogens is 222 g/mol. The molecule has 2 heteroatoms. The van der Waals surface area contributed by atoms with Gasteiger partial charge in [0.05, 0.1) is 6.10 Å². The Balaban J connectivity index is 2.19. The van der Waals surface area contributed by atoms with Crippen LogP contribution in [0.25, 0.3) is 0 Å². The molecule has 0 fully saturated rings. The van der Waals surface area contributed by atoms with E-state index in [-0.39, 0.29) is 11.5 Å². The first kappa shape index (κ1) is 13.6. The summed E-state index contributed by atoms with van der Waals surface area (Å²) in [4.78, 5) is 0. The highest BCUT2D eigenvalue weighted by molar-refractivity contribution is 5.34. The Hall–Kier alpha value is -0.860. The maximum Gasteiger partial charge on any atom is 0.0662 e. The van der Waals surface area contributed by atoms with Crippen molar-refractivity contribution in [2.75, 3.05) is 6.54 Å². The largest absolute Gasteiger partial charge is 0.392 e. The number of aryl methyl sites for hydroxylation is 1. The first-order chi connectivity index (χ1) is 8.54. The number of hydrogen-bond acceptors (Lipinski definition) is 2. The quantitative estimate of drug-likeness (QED) is 0.857. The number of hydrogen-bond donors (Lipinski definition) is 2. The highest BCUT2D eigenvalue weighted by atomic mass is 16.3. The molecule has 0 aliphatic heterocycles. The Bertz CT molecular complexity index is 400. The highest BCUT2D eigenvalue weighted by Gasteiger charge is 2.35. The van der Waals surface area contributed by atoms with Gasteiger partial charge in [0.1, 0.15) is 0 Å². The van der Waals surface area contributed by atoms with Gasteiger partial charge in [-0.1, -0.05) is 45.0 Å². The summed E-state index contributed by atoms with van der Waals surface area (Å²) in [7, 11) is 0. The molecule has 0 bridgehead atoms. The minimum Gasteiger partial charge on any atom is -0.392 e. The van der Waals surface area contributed by atoms with Crippen LogP contribution in [-0.4, -0.2) is 17.8 Å². The van der Waals surface area contributed by atoms with Gasteiger partial charge < -0.3 is 10.4 Å². The minimum absolute atomic E-state index is 0.241. The third kappa shape index (κ3) is 2.76. The van der Waals surface area contributed by atoms with Gasteiger partial charge in [-0.3, -0.25) is 0 Å². The van der Waals surface area contributed by atoms with Gasteiger partial charge in [0.2, 0.25) is 0 Å². The zero-order valence-corrected chi connectivity index (χ0v) is 11.7. The predicted octanol–water partition coefficient (Wildman–Crippen LogP) is 3.06. The van der Waals surface area contributed by atoms with E-state index in [1.807, 2.05) is 6.92 Å². The number of nitrogens with one attached hydrogen (secondary N) is 1. The van der Waals surface area contributed by atoms with Crippen molar-refractivity contribution in [1.29, 1.82) is 0 Å². The van der Waals surface area contributed by atoms with Crippen LogP contribution in [0.4, 0.5) is 0 Å². The van der Waals surface area contributed by atoms with Crippen LogP contribution in [0.3, 0.4) is 0 Å². The van der Waals surface area contributed by atoms with Crippen LogP contribution in [0.15, 0.2) is 24.3 Å². The second-order valence-corrected chi connectivity index (χ2v) is 6.09. The Morgan fingerprint density at radius 1 is 1.39 bits per heavy atom. The van der Waals surface area contributed by atoms with E-state index in [1.54, 1.807) is 0 Å². The van der Waals surface area contributed by atoms with E-state index in [0.717, 1.165) is 12.8 Å². The lowest BCUT2D eigenvalue weighted by Gasteiger charge is -2.41. The molecule has 2 rings (SSSR count). The molecule has 100 valence electrons. The van der Waals surface area contributed by atoms with Gasteiger partial charge in [0.15, 0.2) is 0 Å². The maximum atomic E-state index is 9.74. The number of rotatable bonds is 4. The SMILES string of the molecule is CCC(O)CNC1c2ccccc2CCC1(C)C. The normalized spacial score (nSPS) is 23.4. The molecule has 18 heavy (non-hydrogen) atoms. The molecule has 1 aliphatic carbocycles. The fourth-order valence-corrected chi connectivity index (χ4v) is 2.85. The lowest BCUT2D eigenvalue weighted by Crippen LogP contribution is -2.41. The summed E-state index contributed by atoms with van der Waals surface area (Å²) in [5, 5.41) is 13.3. The van der Waals surface area contributed by atoms with Gasteiger partial charge in [-0.25, -0.2) is 0 Å². The summed E-state index contributed by atoms with van der Waals surface area (Å²) in [6.07, 6.45) is 2.93. The van der Waals surface area contributed by atoms with Crippen molar-refractivity contribution in [1.82, 2.24) is 5.32 Å². The van der Waals surface area contributed by atoms with Crippen LogP contribution in [0, 0.1) is 5.41 Å². The van der Waals surface area contributed by atoms with Gasteiger partial charge in [-0.15, -0.1) is 0 Å². The lowest BCUT2D eigenvalue weighted by molar-refractivity contribution is 0.138. The van der Waals surface area contributed by atoms with Crippen molar-refractivity contribution in [3.63, 3.8) is 0 Å². The summed E-state index contributed by atoms with van der Waals surface area (Å²) >= 11 is 0. The van der Waals surface area contributed by atoms with Gasteiger partial charge >= 0.3 is 0 Å². The maximum absolute atomic E-state index is 9.74. The molecule has 0 spiro atoms. The molecule has 0 saturated carbocycles. The van der Waals surface area contributed by atoms with Crippen LogP contribution < -0.4 is 5.32 Å². The van der Waals surface area contributed by atoms with Crippen molar-refractivity contribution in [3.05, 3.63) is 35.4 Å². The number of benzene rings is 1. The lowest BCUT2D eigenvalue weighted by atomic mass is 9.70. The van der Waals surface area contributed by atoms with Gasteiger partial charge in [0, 0.05) is 12.6 Å². The smallest absolute Gasteiger partial charge is 0.0662 e. The third-order valence-corrected chi connectivity index (χ3v) is 4.22. The molecule has 0 amide bonds. The van der Waals surface area contributed by atoms with Gasteiger partial charge in [-0.2, -0.15) is 0 Å². The predicted molar refractivity (Wildman–Crippen MR) is 75.6 cm³/mol. The van der Waals surface area contributed by atoms with Crippen LogP contribution >= 0.6 is 0 Å². The standard InChI is InChI=1S/C16H25NO/c1-4-13(18)11-17-15-14-8-6-5-7-12(14)9-10-16(15,2)3/h5-8,13,15,17-18H,4,9-11H2,1-3H3. The molecule has 1 aromatic rings. The average Bonchev–Trinajstić information content (AvgIpc) is 2.36. The van der Waals surface area contributed by atoms with Crippen molar-refractivity contribution < 1.29 is 5.11 Å². The first-order valence-corrected chi connectivity index (χ1v) is 7.04. The summed E-state index contributed by atoms with van der Waals surface area (Å²) in [6.45, 7) is 7.34. The summed E-state index contributed by atoms with van der Waals surface area (Å²) in [5.41, 5.74) is 3.12. The van der Waals surface area contributed by atoms with Gasteiger partial charge in [0.25, 0.3) is 0 Å². The molecule has 0 heterocycles. The number of fused-ring (bicyclic) bond motifs is 1. The molecule has 1 aromatic carbocycles. The summed E-state index contributed by atoms with van der Waals surface area (Å²) in [6, 6.07) is 9.05. The Labute approximate surface area is 110 Å². The molecule has 2 nitrogen and oxygen atoms in total. The van der Waals surface area contributed by atoms with Crippen molar-refractivity contribution in [3.8, 4) is 0 Å². The molecule has 0 aromatic heterocycles. The third-order valence-electron chi connectivity index (χ3n) is 4.22.